The SMILES string of the molecule is C=C(C)[C@H]1CC[C@]2(C)[C@@H]1CC[C@@]1(C)[C@H]2CC[C@H]2[C@@]3(C)CCCC(C)(C)[C@@H]3CC[C@@]21C. The van der Waals surface area contributed by atoms with Crippen LogP contribution in [0.25, 0.3) is 0 Å². The van der Waals surface area contributed by atoms with Gasteiger partial charge < -0.3 is 0 Å². The van der Waals surface area contributed by atoms with E-state index in [1.807, 2.05) is 0 Å². The molecule has 5 saturated carbocycles. The molecular formula is C30H50. The fourth-order valence-electron chi connectivity index (χ4n) is 11.9. The second kappa shape index (κ2) is 6.41. The van der Waals surface area contributed by atoms with Crippen molar-refractivity contribution < 1.29 is 0 Å². The van der Waals surface area contributed by atoms with Gasteiger partial charge in [-0.15, -0.1) is 0 Å². The second-order valence-electron chi connectivity index (χ2n) is 14.6. The van der Waals surface area contributed by atoms with Crippen LogP contribution in [0.2, 0.25) is 0 Å². The smallest absolute Gasteiger partial charge is 0.0175 e. The van der Waals surface area contributed by atoms with E-state index in [1.165, 1.54) is 76.2 Å². The predicted octanol–water partition coefficient (Wildman–Crippen LogP) is 9.05. The summed E-state index contributed by atoms with van der Waals surface area (Å²) in [5, 5.41) is 0. The molecule has 0 radical (unpaired) electrons. The predicted molar refractivity (Wildman–Crippen MR) is 129 cm³/mol. The highest BCUT2D eigenvalue weighted by Gasteiger charge is 2.70. The molecule has 0 unspecified atom stereocenters. The van der Waals surface area contributed by atoms with E-state index in [2.05, 4.69) is 55.0 Å². The van der Waals surface area contributed by atoms with E-state index in [-0.39, 0.29) is 0 Å². The van der Waals surface area contributed by atoms with Crippen LogP contribution < -0.4 is 0 Å². The van der Waals surface area contributed by atoms with Gasteiger partial charge in [0.2, 0.25) is 0 Å². The Balaban J connectivity index is 1.53. The molecule has 5 aliphatic carbocycles. The summed E-state index contributed by atoms with van der Waals surface area (Å²) in [5.41, 5.74) is 4.26. The first kappa shape index (κ1) is 21.6. The largest absolute Gasteiger partial charge is 0.0999 e. The summed E-state index contributed by atoms with van der Waals surface area (Å²) < 4.78 is 0. The van der Waals surface area contributed by atoms with E-state index < -0.39 is 0 Å². The third kappa shape index (κ3) is 2.46. The van der Waals surface area contributed by atoms with Crippen molar-refractivity contribution in [2.24, 2.45) is 56.7 Å². The van der Waals surface area contributed by atoms with Gasteiger partial charge in [-0.2, -0.15) is 0 Å². The lowest BCUT2D eigenvalue weighted by molar-refractivity contribution is -0.240. The van der Waals surface area contributed by atoms with Gasteiger partial charge in [-0.3, -0.25) is 0 Å². The van der Waals surface area contributed by atoms with Crippen LogP contribution >= 0.6 is 0 Å². The van der Waals surface area contributed by atoms with E-state index in [9.17, 15) is 0 Å². The Bertz CT molecular complexity index is 730. The zero-order valence-electron chi connectivity index (χ0n) is 21.4. The van der Waals surface area contributed by atoms with Crippen LogP contribution in [0, 0.1) is 56.7 Å². The molecular weight excluding hydrogens is 360 g/mol. The molecule has 0 nitrogen and oxygen atoms in total. The molecule has 0 aromatic rings. The van der Waals surface area contributed by atoms with E-state index >= 15 is 0 Å². The summed E-state index contributed by atoms with van der Waals surface area (Å²) in [4.78, 5) is 0. The van der Waals surface area contributed by atoms with Crippen molar-refractivity contribution in [2.45, 2.75) is 119 Å². The van der Waals surface area contributed by atoms with Gasteiger partial charge in [-0.25, -0.2) is 0 Å². The third-order valence-corrected chi connectivity index (χ3v) is 13.3. The molecule has 0 amide bonds. The van der Waals surface area contributed by atoms with Crippen LogP contribution in [-0.4, -0.2) is 0 Å². The normalized spacial score (nSPS) is 57.0. The molecule has 30 heavy (non-hydrogen) atoms. The standard InChI is InChI=1S/C30H50/c1-20(2)21-12-17-27(5)22(21)13-18-29(7)24(27)10-11-25-28(6)16-9-15-26(3,4)23(28)14-19-30(25,29)8/h21-25H,1,9-19H2,2-8H3/t21-,22-,23+,24+,25+,27-,28+,29+,30+/m1/s1. The molecule has 0 N–H and O–H groups in total. The van der Waals surface area contributed by atoms with Gasteiger partial charge in [0.15, 0.2) is 0 Å². The van der Waals surface area contributed by atoms with Crippen LogP contribution in [0.5, 0.6) is 0 Å². The molecule has 5 fully saturated rings. The Morgan fingerprint density at radius 3 is 1.87 bits per heavy atom. The Morgan fingerprint density at radius 1 is 0.633 bits per heavy atom. The Labute approximate surface area is 188 Å². The van der Waals surface area contributed by atoms with Crippen molar-refractivity contribution in [2.75, 3.05) is 0 Å². The van der Waals surface area contributed by atoms with Crippen molar-refractivity contribution in [1.82, 2.24) is 0 Å². The van der Waals surface area contributed by atoms with Crippen molar-refractivity contribution in [1.29, 1.82) is 0 Å². The highest BCUT2D eigenvalue weighted by Crippen LogP contribution is 2.77. The van der Waals surface area contributed by atoms with E-state index in [0.29, 0.717) is 27.1 Å². The third-order valence-electron chi connectivity index (χ3n) is 13.3. The molecule has 0 aliphatic heterocycles. The summed E-state index contributed by atoms with van der Waals surface area (Å²) in [6.07, 6.45) is 16.3. The Morgan fingerprint density at radius 2 is 1.23 bits per heavy atom. The number of allylic oxidation sites excluding steroid dienone is 1. The van der Waals surface area contributed by atoms with E-state index in [4.69, 9.17) is 0 Å². The minimum Gasteiger partial charge on any atom is -0.0999 e. The van der Waals surface area contributed by atoms with Crippen LogP contribution in [0.3, 0.4) is 0 Å². The molecule has 0 heteroatoms. The number of rotatable bonds is 1. The van der Waals surface area contributed by atoms with Gasteiger partial charge in [0.1, 0.15) is 0 Å². The van der Waals surface area contributed by atoms with Crippen LogP contribution in [0.1, 0.15) is 119 Å². The molecule has 0 spiro atoms. The van der Waals surface area contributed by atoms with Gasteiger partial charge in [0.05, 0.1) is 0 Å². The minimum atomic E-state index is 0.542. The maximum Gasteiger partial charge on any atom is -0.0175 e. The lowest BCUT2D eigenvalue weighted by atomic mass is 9.32. The van der Waals surface area contributed by atoms with E-state index in [0.717, 1.165) is 29.6 Å². The molecule has 170 valence electrons. The fourth-order valence-corrected chi connectivity index (χ4v) is 11.9. The van der Waals surface area contributed by atoms with Gasteiger partial charge in [-0.1, -0.05) is 60.1 Å². The second-order valence-corrected chi connectivity index (χ2v) is 14.6. The number of hydrogen-bond acceptors (Lipinski definition) is 0. The topological polar surface area (TPSA) is 0 Å². The highest BCUT2D eigenvalue weighted by molar-refractivity contribution is 5.20. The summed E-state index contributed by atoms with van der Waals surface area (Å²) in [7, 11) is 0. The first-order valence-electron chi connectivity index (χ1n) is 13.6. The minimum absolute atomic E-state index is 0.542. The van der Waals surface area contributed by atoms with Crippen LogP contribution in [0.15, 0.2) is 12.2 Å². The van der Waals surface area contributed by atoms with Crippen molar-refractivity contribution in [3.63, 3.8) is 0 Å². The quantitative estimate of drug-likeness (QED) is 0.378. The molecule has 5 aliphatic rings. The van der Waals surface area contributed by atoms with E-state index in [1.54, 1.807) is 0 Å². The molecule has 0 saturated heterocycles. The maximum atomic E-state index is 4.43. The molecule has 0 aromatic heterocycles. The van der Waals surface area contributed by atoms with Gasteiger partial charge in [0, 0.05) is 0 Å². The lowest BCUT2D eigenvalue weighted by Gasteiger charge is -2.73. The Hall–Kier alpha value is -0.260. The first-order valence-corrected chi connectivity index (χ1v) is 13.6. The van der Waals surface area contributed by atoms with Crippen molar-refractivity contribution >= 4 is 0 Å². The zero-order valence-corrected chi connectivity index (χ0v) is 21.4. The molecule has 0 aromatic carbocycles. The molecule has 0 heterocycles. The summed E-state index contributed by atoms with van der Waals surface area (Å²) in [5.74, 6) is 4.54. The van der Waals surface area contributed by atoms with Crippen LogP contribution in [0.4, 0.5) is 0 Å². The van der Waals surface area contributed by atoms with Crippen molar-refractivity contribution in [3.05, 3.63) is 12.2 Å². The summed E-state index contributed by atoms with van der Waals surface area (Å²) in [6.45, 7) is 23.0. The van der Waals surface area contributed by atoms with Gasteiger partial charge in [-0.05, 0) is 128 Å². The summed E-state index contributed by atoms with van der Waals surface area (Å²) >= 11 is 0. The fraction of sp³-hybridized carbons (Fsp3) is 0.933. The first-order chi connectivity index (χ1) is 13.9. The average molecular weight is 411 g/mol. The number of hydrogen-bond donors (Lipinski definition) is 0. The molecule has 9 atom stereocenters. The zero-order chi connectivity index (χ0) is 21.7. The number of fused-ring (bicyclic) bond motifs is 7. The summed E-state index contributed by atoms with van der Waals surface area (Å²) in [6, 6.07) is 0. The highest BCUT2D eigenvalue weighted by atomic mass is 14.7. The molecule has 0 bridgehead atoms. The van der Waals surface area contributed by atoms with Gasteiger partial charge >= 0.3 is 0 Å². The lowest BCUT2D eigenvalue weighted by Crippen LogP contribution is -2.65. The van der Waals surface area contributed by atoms with Gasteiger partial charge in [0.25, 0.3) is 0 Å². The average Bonchev–Trinajstić information content (AvgIpc) is 2.99. The maximum absolute atomic E-state index is 4.43. The monoisotopic (exact) mass is 410 g/mol. The van der Waals surface area contributed by atoms with Crippen LogP contribution in [-0.2, 0) is 0 Å². The van der Waals surface area contributed by atoms with Crippen molar-refractivity contribution in [3.8, 4) is 0 Å². The Kier molecular flexibility index (Phi) is 4.61. The molecule has 5 rings (SSSR count).